The van der Waals surface area contributed by atoms with E-state index in [1.807, 2.05) is 0 Å². The Morgan fingerprint density at radius 1 is 1.22 bits per heavy atom. The number of benzene rings is 1. The minimum absolute atomic E-state index is 0.0931. The van der Waals surface area contributed by atoms with Gasteiger partial charge in [0.05, 0.1) is 10.5 Å². The van der Waals surface area contributed by atoms with E-state index in [1.165, 1.54) is 44.9 Å². The summed E-state index contributed by atoms with van der Waals surface area (Å²) in [6.45, 7) is 0. The first-order valence-corrected chi connectivity index (χ1v) is 9.46. The minimum atomic E-state index is -3.57. The van der Waals surface area contributed by atoms with Gasteiger partial charge in [-0.2, -0.15) is 0 Å². The lowest BCUT2D eigenvalue weighted by Crippen LogP contribution is -2.23. The van der Waals surface area contributed by atoms with Gasteiger partial charge < -0.3 is 10.6 Å². The van der Waals surface area contributed by atoms with Crippen LogP contribution in [0.2, 0.25) is 0 Å². The Morgan fingerprint density at radius 3 is 2.52 bits per heavy atom. The van der Waals surface area contributed by atoms with Gasteiger partial charge in [-0.05, 0) is 49.9 Å². The quantitative estimate of drug-likeness (QED) is 0.763. The number of amides is 1. The third kappa shape index (κ3) is 2.95. The molecule has 2 aliphatic carbocycles. The van der Waals surface area contributed by atoms with E-state index in [0.29, 0.717) is 22.7 Å². The summed E-state index contributed by atoms with van der Waals surface area (Å²) < 4.78 is 26.2. The molecule has 1 aromatic carbocycles. The van der Waals surface area contributed by atoms with Crippen LogP contribution in [-0.4, -0.2) is 34.5 Å². The average Bonchev–Trinajstić information content (AvgIpc) is 2.99. The molecule has 0 radical (unpaired) electrons. The van der Waals surface area contributed by atoms with Crippen LogP contribution in [0.5, 0.6) is 0 Å². The van der Waals surface area contributed by atoms with Crippen LogP contribution in [0.4, 0.5) is 5.69 Å². The van der Waals surface area contributed by atoms with Crippen molar-refractivity contribution in [3.63, 3.8) is 0 Å². The van der Waals surface area contributed by atoms with E-state index in [2.05, 4.69) is 15.4 Å². The molecule has 1 atom stereocenters. The van der Waals surface area contributed by atoms with E-state index in [0.717, 1.165) is 6.42 Å². The first-order valence-electron chi connectivity index (χ1n) is 7.98. The summed E-state index contributed by atoms with van der Waals surface area (Å²) in [7, 11) is -0.673. The fraction of sp³-hybridized carbons (Fsp3) is 0.562. The fourth-order valence-corrected chi connectivity index (χ4v) is 4.38. The first-order chi connectivity index (χ1) is 10.9. The number of anilines is 1. The van der Waals surface area contributed by atoms with Crippen LogP contribution >= 0.6 is 0 Å². The van der Waals surface area contributed by atoms with Crippen molar-refractivity contribution in [2.75, 3.05) is 19.4 Å². The maximum Gasteiger partial charge on any atom is 0.253 e. The highest BCUT2D eigenvalue weighted by Crippen LogP contribution is 2.59. The summed E-state index contributed by atoms with van der Waals surface area (Å²) in [5.74, 6) is -0.290. The number of sulfonamides is 1. The average molecular weight is 337 g/mol. The maximum absolute atomic E-state index is 12.2. The van der Waals surface area contributed by atoms with Crippen molar-refractivity contribution < 1.29 is 13.2 Å². The molecule has 6 nitrogen and oxygen atoms in total. The van der Waals surface area contributed by atoms with E-state index in [1.54, 1.807) is 13.1 Å². The number of nitrogens with one attached hydrogen (secondary N) is 3. The lowest BCUT2D eigenvalue weighted by Gasteiger charge is -2.15. The fourth-order valence-electron chi connectivity index (χ4n) is 3.63. The van der Waals surface area contributed by atoms with E-state index in [4.69, 9.17) is 0 Å². The van der Waals surface area contributed by atoms with Crippen molar-refractivity contribution in [2.45, 2.75) is 43.0 Å². The van der Waals surface area contributed by atoms with Gasteiger partial charge in [0.25, 0.3) is 5.91 Å². The largest absolute Gasteiger partial charge is 0.381 e. The van der Waals surface area contributed by atoms with Gasteiger partial charge in [0.15, 0.2) is 0 Å². The molecule has 7 heteroatoms. The number of carbonyl (C=O) groups is 1. The molecule has 2 aliphatic rings. The smallest absolute Gasteiger partial charge is 0.253 e. The van der Waals surface area contributed by atoms with E-state index < -0.39 is 10.0 Å². The highest BCUT2D eigenvalue weighted by Gasteiger charge is 2.55. The van der Waals surface area contributed by atoms with Crippen LogP contribution in [0.3, 0.4) is 0 Å². The molecule has 3 rings (SSSR count). The van der Waals surface area contributed by atoms with Gasteiger partial charge in [-0.1, -0.05) is 12.8 Å². The van der Waals surface area contributed by atoms with Crippen LogP contribution in [0, 0.1) is 5.41 Å². The Morgan fingerprint density at radius 2 is 1.91 bits per heavy atom. The predicted molar refractivity (Wildman–Crippen MR) is 89.0 cm³/mol. The van der Waals surface area contributed by atoms with Crippen molar-refractivity contribution in [3.8, 4) is 0 Å². The molecule has 0 bridgehead atoms. The summed E-state index contributed by atoms with van der Waals surface area (Å²) in [4.78, 5) is 12.2. The van der Waals surface area contributed by atoms with Crippen LogP contribution in [0.1, 0.15) is 42.5 Å². The number of hydrogen-bond donors (Lipinski definition) is 3. The molecular formula is C16H23N3O3S. The number of hydrogen-bond acceptors (Lipinski definition) is 4. The molecule has 2 saturated carbocycles. The predicted octanol–water partition coefficient (Wildman–Crippen LogP) is 1.70. The molecule has 0 aliphatic heterocycles. The second-order valence-electron chi connectivity index (χ2n) is 6.46. The summed E-state index contributed by atoms with van der Waals surface area (Å²) in [6, 6.07) is 5.04. The zero-order valence-corrected chi connectivity index (χ0v) is 14.3. The van der Waals surface area contributed by atoms with Gasteiger partial charge >= 0.3 is 0 Å². The Kier molecular flexibility index (Phi) is 4.10. The van der Waals surface area contributed by atoms with E-state index >= 15 is 0 Å². The normalized spacial score (nSPS) is 22.1. The topological polar surface area (TPSA) is 87.3 Å². The standard InChI is InChI=1S/C16H23N3O3S/c1-17-15(20)12-9-11(23(21,22)18-2)5-6-13(12)19-14-10-16(14)7-3-4-8-16/h5-6,9,14,18-19H,3-4,7-8,10H2,1-2H3,(H,17,20). The van der Waals surface area contributed by atoms with E-state index in [9.17, 15) is 13.2 Å². The molecule has 1 amide bonds. The van der Waals surface area contributed by atoms with E-state index in [-0.39, 0.29) is 10.8 Å². The molecule has 1 unspecified atom stereocenters. The Labute approximate surface area is 137 Å². The minimum Gasteiger partial charge on any atom is -0.381 e. The van der Waals surface area contributed by atoms with Crippen LogP contribution in [0.15, 0.2) is 23.1 Å². The van der Waals surface area contributed by atoms with Gasteiger partial charge in [-0.15, -0.1) is 0 Å². The molecule has 23 heavy (non-hydrogen) atoms. The molecule has 1 aromatic rings. The zero-order chi connectivity index (χ0) is 16.7. The second kappa shape index (κ2) is 5.79. The van der Waals surface area contributed by atoms with Gasteiger partial charge in [0, 0.05) is 18.8 Å². The second-order valence-corrected chi connectivity index (χ2v) is 8.35. The molecule has 0 saturated heterocycles. The van der Waals surface area contributed by atoms with Crippen molar-refractivity contribution in [1.29, 1.82) is 0 Å². The molecule has 3 N–H and O–H groups in total. The molecule has 0 heterocycles. The monoisotopic (exact) mass is 337 g/mol. The van der Waals surface area contributed by atoms with Crippen LogP contribution in [0.25, 0.3) is 0 Å². The third-order valence-electron chi connectivity index (χ3n) is 5.16. The summed E-state index contributed by atoms with van der Waals surface area (Å²) in [5.41, 5.74) is 1.47. The Bertz CT molecular complexity index is 724. The summed E-state index contributed by atoms with van der Waals surface area (Å²) in [5, 5.41) is 6.03. The Hall–Kier alpha value is -1.60. The first kappa shape index (κ1) is 16.3. The lowest BCUT2D eigenvalue weighted by atomic mass is 10.0. The highest BCUT2D eigenvalue weighted by molar-refractivity contribution is 7.89. The van der Waals surface area contributed by atoms with Crippen molar-refractivity contribution >= 4 is 21.6 Å². The van der Waals surface area contributed by atoms with Gasteiger partial charge in [-0.25, -0.2) is 13.1 Å². The van der Waals surface area contributed by atoms with Gasteiger partial charge in [-0.3, -0.25) is 4.79 Å². The zero-order valence-electron chi connectivity index (χ0n) is 13.5. The number of carbonyl (C=O) groups excluding carboxylic acids is 1. The number of rotatable bonds is 5. The summed E-state index contributed by atoms with van der Waals surface area (Å²) in [6.07, 6.45) is 6.18. The molecular weight excluding hydrogens is 314 g/mol. The lowest BCUT2D eigenvalue weighted by molar-refractivity contribution is 0.0963. The van der Waals surface area contributed by atoms with Gasteiger partial charge in [0.1, 0.15) is 0 Å². The highest BCUT2D eigenvalue weighted by atomic mass is 32.2. The van der Waals surface area contributed by atoms with Crippen LogP contribution < -0.4 is 15.4 Å². The molecule has 126 valence electrons. The third-order valence-corrected chi connectivity index (χ3v) is 6.57. The van der Waals surface area contributed by atoms with Crippen molar-refractivity contribution in [3.05, 3.63) is 23.8 Å². The van der Waals surface area contributed by atoms with Crippen molar-refractivity contribution in [1.82, 2.24) is 10.0 Å². The molecule has 2 fully saturated rings. The molecule has 1 spiro atoms. The van der Waals surface area contributed by atoms with Crippen LogP contribution in [-0.2, 0) is 10.0 Å². The SMILES string of the molecule is CNC(=O)c1cc(S(=O)(=O)NC)ccc1NC1CC12CCCC2. The van der Waals surface area contributed by atoms with Crippen molar-refractivity contribution in [2.24, 2.45) is 5.41 Å². The maximum atomic E-state index is 12.2. The summed E-state index contributed by atoms with van der Waals surface area (Å²) >= 11 is 0. The molecule has 0 aromatic heterocycles. The van der Waals surface area contributed by atoms with Gasteiger partial charge in [0.2, 0.25) is 10.0 Å². The Balaban J connectivity index is 1.89.